The number of hydrogen-bond donors (Lipinski definition) is 1. The van der Waals surface area contributed by atoms with Gasteiger partial charge in [-0.15, -0.1) is 0 Å². The highest BCUT2D eigenvalue weighted by Crippen LogP contribution is 2.26. The monoisotopic (exact) mass is 438 g/mol. The summed E-state index contributed by atoms with van der Waals surface area (Å²) in [4.78, 5) is 30.9. The molecule has 0 unspecified atom stereocenters. The Morgan fingerprint density at radius 3 is 2.53 bits per heavy atom. The Kier molecular flexibility index (Phi) is 6.20. The maximum Gasteiger partial charge on any atom is 0.324 e. The molecule has 0 bridgehead atoms. The number of benzene rings is 2. The smallest absolute Gasteiger partial charge is 0.324 e. The lowest BCUT2D eigenvalue weighted by atomic mass is 10.1. The molecule has 8 nitrogen and oxygen atoms in total. The van der Waals surface area contributed by atoms with Crippen molar-refractivity contribution in [3.63, 3.8) is 0 Å². The number of nitrogens with zero attached hydrogens (tertiary/aromatic N) is 5. The SMILES string of the molecule is CN1CCN(C(=O)N(Cc2ccc(C(=O)CN)cc2F)c2ccc3cnn(C)c3c2)CC1. The van der Waals surface area contributed by atoms with Crippen molar-refractivity contribution in [1.29, 1.82) is 0 Å². The molecule has 4 rings (SSSR count). The largest absolute Gasteiger partial charge is 0.324 e. The number of nitrogens with two attached hydrogens (primary N) is 1. The number of Topliss-reactive ketones (excluding diaryl/α,β-unsaturated/α-hetero) is 1. The van der Waals surface area contributed by atoms with Crippen molar-refractivity contribution in [3.05, 3.63) is 59.5 Å². The van der Waals surface area contributed by atoms with E-state index in [0.29, 0.717) is 24.3 Å². The van der Waals surface area contributed by atoms with Crippen molar-refractivity contribution >= 4 is 28.4 Å². The van der Waals surface area contributed by atoms with Crippen LogP contribution in [0.25, 0.3) is 10.9 Å². The molecule has 3 aromatic rings. The Balaban J connectivity index is 1.69. The zero-order valence-corrected chi connectivity index (χ0v) is 18.3. The lowest BCUT2D eigenvalue weighted by Gasteiger charge is -2.36. The Morgan fingerprint density at radius 2 is 1.84 bits per heavy atom. The number of urea groups is 1. The first kappa shape index (κ1) is 21.9. The number of amides is 2. The molecule has 1 fully saturated rings. The highest BCUT2D eigenvalue weighted by Gasteiger charge is 2.26. The molecule has 2 N–H and O–H groups in total. The van der Waals surface area contributed by atoms with Crippen molar-refractivity contribution < 1.29 is 14.0 Å². The zero-order chi connectivity index (χ0) is 22.8. The van der Waals surface area contributed by atoms with Gasteiger partial charge >= 0.3 is 6.03 Å². The number of halogens is 1. The first-order valence-electron chi connectivity index (χ1n) is 10.6. The molecule has 0 atom stereocenters. The molecule has 0 aliphatic carbocycles. The fourth-order valence-electron chi connectivity index (χ4n) is 3.88. The van der Waals surface area contributed by atoms with E-state index in [9.17, 15) is 14.0 Å². The van der Waals surface area contributed by atoms with Gasteiger partial charge in [0.1, 0.15) is 5.82 Å². The van der Waals surface area contributed by atoms with Gasteiger partial charge in [-0.1, -0.05) is 12.1 Å². The van der Waals surface area contributed by atoms with E-state index in [1.807, 2.05) is 32.3 Å². The zero-order valence-electron chi connectivity index (χ0n) is 18.3. The number of piperazine rings is 1. The van der Waals surface area contributed by atoms with E-state index in [4.69, 9.17) is 5.73 Å². The lowest BCUT2D eigenvalue weighted by Crippen LogP contribution is -2.52. The van der Waals surface area contributed by atoms with Gasteiger partial charge in [-0.25, -0.2) is 9.18 Å². The molecule has 1 saturated heterocycles. The van der Waals surface area contributed by atoms with E-state index in [-0.39, 0.29) is 30.5 Å². The summed E-state index contributed by atoms with van der Waals surface area (Å²) in [5.74, 6) is -0.871. The maximum absolute atomic E-state index is 14.9. The van der Waals surface area contributed by atoms with Gasteiger partial charge in [0.2, 0.25) is 0 Å². The fraction of sp³-hybridized carbons (Fsp3) is 0.348. The Labute approximate surface area is 186 Å². The third kappa shape index (κ3) is 4.35. The van der Waals surface area contributed by atoms with Crippen LogP contribution in [0.4, 0.5) is 14.9 Å². The summed E-state index contributed by atoms with van der Waals surface area (Å²) >= 11 is 0. The van der Waals surface area contributed by atoms with Crippen LogP contribution in [-0.2, 0) is 13.6 Å². The topological polar surface area (TPSA) is 87.7 Å². The normalized spacial score (nSPS) is 14.7. The Hall–Kier alpha value is -3.30. The van der Waals surface area contributed by atoms with Crippen LogP contribution in [0.5, 0.6) is 0 Å². The average molecular weight is 439 g/mol. The molecule has 2 amide bonds. The number of aryl methyl sites for hydroxylation is 1. The number of likely N-dealkylation sites (N-methyl/N-ethyl adjacent to an activating group) is 1. The highest BCUT2D eigenvalue weighted by molar-refractivity contribution is 5.97. The number of anilines is 1. The minimum Gasteiger partial charge on any atom is -0.324 e. The highest BCUT2D eigenvalue weighted by atomic mass is 19.1. The molecule has 2 aromatic carbocycles. The molecule has 0 radical (unpaired) electrons. The number of hydrogen-bond acceptors (Lipinski definition) is 5. The van der Waals surface area contributed by atoms with Crippen LogP contribution >= 0.6 is 0 Å². The minimum absolute atomic E-state index is 0.0391. The summed E-state index contributed by atoms with van der Waals surface area (Å²) in [7, 11) is 3.86. The van der Waals surface area contributed by atoms with Gasteiger partial charge < -0.3 is 15.5 Å². The second-order valence-corrected chi connectivity index (χ2v) is 8.10. The van der Waals surface area contributed by atoms with Gasteiger partial charge in [-0.05, 0) is 31.3 Å². The van der Waals surface area contributed by atoms with Crippen LogP contribution in [0.1, 0.15) is 15.9 Å². The van der Waals surface area contributed by atoms with Crippen molar-refractivity contribution in [1.82, 2.24) is 19.6 Å². The van der Waals surface area contributed by atoms with Crippen LogP contribution < -0.4 is 10.6 Å². The van der Waals surface area contributed by atoms with E-state index in [1.165, 1.54) is 6.07 Å². The van der Waals surface area contributed by atoms with Gasteiger partial charge in [-0.3, -0.25) is 14.4 Å². The van der Waals surface area contributed by atoms with Crippen molar-refractivity contribution in [2.75, 3.05) is 44.7 Å². The van der Waals surface area contributed by atoms with E-state index in [1.54, 1.807) is 32.8 Å². The molecular weight excluding hydrogens is 411 g/mol. The standard InChI is InChI=1S/C23H27FN6O2/c1-27-7-9-29(10-8-27)23(32)30(19-6-5-17-14-26-28(2)21(17)12-19)15-18-4-3-16(11-20(18)24)22(31)13-25/h3-6,11-12,14H,7-10,13,15,25H2,1-2H3. The van der Waals surface area contributed by atoms with Gasteiger partial charge in [0.25, 0.3) is 0 Å². The quantitative estimate of drug-likeness (QED) is 0.618. The van der Waals surface area contributed by atoms with Gasteiger partial charge in [0.15, 0.2) is 5.78 Å². The summed E-state index contributed by atoms with van der Waals surface area (Å²) in [6.07, 6.45) is 1.76. The number of carbonyl (C=O) groups is 2. The van der Waals surface area contributed by atoms with E-state index in [2.05, 4.69) is 10.00 Å². The summed E-state index contributed by atoms with van der Waals surface area (Å²) in [5.41, 5.74) is 7.47. The summed E-state index contributed by atoms with van der Waals surface area (Å²) in [5, 5.41) is 5.22. The molecule has 1 aliphatic heterocycles. The predicted octanol–water partition coefficient (Wildman–Crippen LogP) is 2.23. The van der Waals surface area contributed by atoms with Crippen LogP contribution in [0.15, 0.2) is 42.6 Å². The maximum atomic E-state index is 14.9. The molecule has 2 heterocycles. The molecular formula is C23H27FN6O2. The van der Waals surface area contributed by atoms with Gasteiger partial charge in [0, 0.05) is 55.4 Å². The Morgan fingerprint density at radius 1 is 1.09 bits per heavy atom. The molecule has 32 heavy (non-hydrogen) atoms. The van der Waals surface area contributed by atoms with Gasteiger partial charge in [0.05, 0.1) is 24.8 Å². The summed E-state index contributed by atoms with van der Waals surface area (Å²) in [6, 6.07) is 9.75. The summed E-state index contributed by atoms with van der Waals surface area (Å²) in [6.45, 7) is 2.63. The first-order valence-corrected chi connectivity index (χ1v) is 10.6. The second-order valence-electron chi connectivity index (χ2n) is 8.10. The lowest BCUT2D eigenvalue weighted by molar-refractivity contribution is 0.100. The number of aromatic nitrogens is 2. The average Bonchev–Trinajstić information content (AvgIpc) is 3.17. The summed E-state index contributed by atoms with van der Waals surface area (Å²) < 4.78 is 16.6. The fourth-order valence-corrected chi connectivity index (χ4v) is 3.88. The number of fused-ring (bicyclic) bond motifs is 1. The molecule has 1 aromatic heterocycles. The van der Waals surface area contributed by atoms with Gasteiger partial charge in [-0.2, -0.15) is 5.10 Å². The van der Waals surface area contributed by atoms with Crippen LogP contribution in [0.2, 0.25) is 0 Å². The first-order chi connectivity index (χ1) is 15.4. The van der Waals surface area contributed by atoms with Crippen LogP contribution in [0, 0.1) is 5.82 Å². The van der Waals surface area contributed by atoms with E-state index >= 15 is 0 Å². The predicted molar refractivity (Wildman–Crippen MR) is 121 cm³/mol. The molecule has 168 valence electrons. The van der Waals surface area contributed by atoms with Crippen molar-refractivity contribution in [2.24, 2.45) is 12.8 Å². The number of rotatable bonds is 5. The third-order valence-electron chi connectivity index (χ3n) is 5.94. The van der Waals surface area contributed by atoms with Crippen molar-refractivity contribution in [3.8, 4) is 0 Å². The van der Waals surface area contributed by atoms with E-state index in [0.717, 1.165) is 24.0 Å². The van der Waals surface area contributed by atoms with Crippen molar-refractivity contribution in [2.45, 2.75) is 6.54 Å². The second kappa shape index (κ2) is 9.05. The molecule has 1 aliphatic rings. The van der Waals surface area contributed by atoms with E-state index < -0.39 is 5.82 Å². The Bertz CT molecular complexity index is 1150. The molecule has 0 saturated carbocycles. The minimum atomic E-state index is -0.540. The number of carbonyl (C=O) groups excluding carboxylic acids is 2. The molecule has 9 heteroatoms. The van der Waals surface area contributed by atoms with Crippen LogP contribution in [-0.4, -0.2) is 71.2 Å². The number of ketones is 1. The third-order valence-corrected chi connectivity index (χ3v) is 5.94. The van der Waals surface area contributed by atoms with Crippen LogP contribution in [0.3, 0.4) is 0 Å². The molecule has 0 spiro atoms.